The zero-order chi connectivity index (χ0) is 12.8. The van der Waals surface area contributed by atoms with E-state index in [9.17, 15) is 5.11 Å². The summed E-state index contributed by atoms with van der Waals surface area (Å²) in [6.45, 7) is 1.91. The normalized spacial score (nSPS) is 18.3. The van der Waals surface area contributed by atoms with Crippen LogP contribution in [0.25, 0.3) is 0 Å². The second kappa shape index (κ2) is 6.45. The second-order valence-electron chi connectivity index (χ2n) is 4.80. The lowest BCUT2D eigenvalue weighted by Gasteiger charge is -2.16. The first-order chi connectivity index (χ1) is 8.74. The van der Waals surface area contributed by atoms with Crippen molar-refractivity contribution in [1.29, 1.82) is 0 Å². The number of rotatable bonds is 8. The minimum absolute atomic E-state index is 0.337. The fourth-order valence-electron chi connectivity index (χ4n) is 1.83. The maximum absolute atomic E-state index is 9.81. The molecule has 3 nitrogen and oxygen atoms in total. The Labute approximate surface area is 113 Å². The molecule has 0 saturated heterocycles. The monoisotopic (exact) mass is 267 g/mol. The number of hydrogen-bond donors (Lipinski definition) is 2. The van der Waals surface area contributed by atoms with Crippen LogP contribution in [0.5, 0.6) is 5.75 Å². The predicted molar refractivity (Wildman–Crippen MR) is 76.3 cm³/mol. The third-order valence-corrected chi connectivity index (χ3v) is 4.67. The van der Waals surface area contributed by atoms with E-state index in [4.69, 9.17) is 4.74 Å². The van der Waals surface area contributed by atoms with Gasteiger partial charge in [0.15, 0.2) is 0 Å². The van der Waals surface area contributed by atoms with Crippen LogP contribution in [0.1, 0.15) is 12.8 Å². The number of nitrogens with one attached hydrogen (secondary N) is 1. The van der Waals surface area contributed by atoms with E-state index in [-0.39, 0.29) is 0 Å². The van der Waals surface area contributed by atoms with Crippen LogP contribution in [0, 0.1) is 0 Å². The van der Waals surface area contributed by atoms with Crippen molar-refractivity contribution in [3.8, 4) is 5.75 Å². The average molecular weight is 267 g/mol. The Morgan fingerprint density at radius 2 is 2.11 bits per heavy atom. The van der Waals surface area contributed by atoms with Gasteiger partial charge < -0.3 is 15.2 Å². The van der Waals surface area contributed by atoms with Crippen molar-refractivity contribution in [2.45, 2.75) is 23.7 Å². The molecule has 0 spiro atoms. The smallest absolute Gasteiger partial charge is 0.119 e. The van der Waals surface area contributed by atoms with Crippen molar-refractivity contribution in [3.05, 3.63) is 30.3 Å². The Hall–Kier alpha value is -0.710. The van der Waals surface area contributed by atoms with Crippen molar-refractivity contribution in [2.75, 3.05) is 26.0 Å². The fraction of sp³-hybridized carbons (Fsp3) is 0.571. The molecule has 1 saturated carbocycles. The summed E-state index contributed by atoms with van der Waals surface area (Å²) < 4.78 is 5.94. The topological polar surface area (TPSA) is 41.5 Å². The van der Waals surface area contributed by atoms with Crippen molar-refractivity contribution in [3.63, 3.8) is 0 Å². The van der Waals surface area contributed by atoms with Crippen molar-refractivity contribution in [2.24, 2.45) is 0 Å². The summed E-state index contributed by atoms with van der Waals surface area (Å²) in [5.41, 5.74) is 0. The van der Waals surface area contributed by atoms with Crippen LogP contribution in [0.4, 0.5) is 0 Å². The summed E-state index contributed by atoms with van der Waals surface area (Å²) in [6.07, 6.45) is 4.28. The number of thioether (sulfide) groups is 1. The van der Waals surface area contributed by atoms with Crippen LogP contribution < -0.4 is 10.1 Å². The maximum atomic E-state index is 9.81. The summed E-state index contributed by atoms with van der Waals surface area (Å²) in [5, 5.41) is 13.1. The highest BCUT2D eigenvalue weighted by Gasteiger charge is 2.41. The van der Waals surface area contributed by atoms with Gasteiger partial charge in [0.05, 0.1) is 0 Å². The van der Waals surface area contributed by atoms with Gasteiger partial charge in [0.1, 0.15) is 18.5 Å². The summed E-state index contributed by atoms with van der Waals surface area (Å²) in [6, 6.07) is 9.59. The maximum Gasteiger partial charge on any atom is 0.119 e. The van der Waals surface area contributed by atoms with E-state index in [1.807, 2.05) is 42.1 Å². The molecule has 100 valence electrons. The molecule has 0 aromatic heterocycles. The second-order valence-corrected chi connectivity index (χ2v) is 6.07. The summed E-state index contributed by atoms with van der Waals surface area (Å²) >= 11 is 1.92. The largest absolute Gasteiger partial charge is 0.491 e. The fourth-order valence-corrected chi connectivity index (χ4v) is 2.58. The van der Waals surface area contributed by atoms with Crippen LogP contribution in [0.2, 0.25) is 0 Å². The third-order valence-electron chi connectivity index (χ3n) is 3.25. The molecule has 2 N–H and O–H groups in total. The van der Waals surface area contributed by atoms with E-state index >= 15 is 0 Å². The van der Waals surface area contributed by atoms with Crippen molar-refractivity contribution >= 4 is 11.8 Å². The molecule has 1 aliphatic carbocycles. The molecule has 1 aromatic rings. The van der Waals surface area contributed by atoms with Gasteiger partial charge in [-0.3, -0.25) is 0 Å². The zero-order valence-corrected chi connectivity index (χ0v) is 11.6. The quantitative estimate of drug-likeness (QED) is 0.755. The molecule has 1 fully saturated rings. The van der Waals surface area contributed by atoms with Gasteiger partial charge in [-0.1, -0.05) is 18.2 Å². The molecule has 18 heavy (non-hydrogen) atoms. The first-order valence-corrected chi connectivity index (χ1v) is 7.58. The molecule has 1 aromatic carbocycles. The SMILES string of the molecule is CSC1(CNCC(O)COc2ccccc2)CC1. The molecule has 0 bridgehead atoms. The van der Waals surface area contributed by atoms with Gasteiger partial charge in [0.2, 0.25) is 0 Å². The highest BCUT2D eigenvalue weighted by Crippen LogP contribution is 2.46. The molecule has 4 heteroatoms. The van der Waals surface area contributed by atoms with E-state index in [1.165, 1.54) is 12.8 Å². The van der Waals surface area contributed by atoms with E-state index in [1.54, 1.807) is 0 Å². The van der Waals surface area contributed by atoms with Gasteiger partial charge in [0.25, 0.3) is 0 Å². The Balaban J connectivity index is 1.59. The summed E-state index contributed by atoms with van der Waals surface area (Å²) in [4.78, 5) is 0. The minimum Gasteiger partial charge on any atom is -0.491 e. The molecule has 1 atom stereocenters. The van der Waals surface area contributed by atoms with Gasteiger partial charge in [-0.25, -0.2) is 0 Å². The standard InChI is InChI=1S/C14H21NO2S/c1-18-14(7-8-14)11-15-9-12(16)10-17-13-5-3-2-4-6-13/h2-6,12,15-16H,7-11H2,1H3. The zero-order valence-electron chi connectivity index (χ0n) is 10.8. The van der Waals surface area contributed by atoms with E-state index in [0.29, 0.717) is 17.9 Å². The lowest BCUT2D eigenvalue weighted by molar-refractivity contribution is 0.106. The molecule has 2 rings (SSSR count). The number of benzene rings is 1. The predicted octanol–water partition coefficient (Wildman–Crippen LogP) is 1.91. The Bertz CT molecular complexity index is 354. The van der Waals surface area contributed by atoms with Gasteiger partial charge in [-0.05, 0) is 31.2 Å². The van der Waals surface area contributed by atoms with E-state index in [0.717, 1.165) is 12.3 Å². The number of para-hydroxylation sites is 1. The van der Waals surface area contributed by atoms with Crippen LogP contribution in [-0.4, -0.2) is 41.9 Å². The summed E-state index contributed by atoms with van der Waals surface area (Å²) in [7, 11) is 0. The number of hydrogen-bond acceptors (Lipinski definition) is 4. The molecule has 0 radical (unpaired) electrons. The lowest BCUT2D eigenvalue weighted by atomic mass is 10.3. The first-order valence-electron chi connectivity index (χ1n) is 6.36. The lowest BCUT2D eigenvalue weighted by Crippen LogP contribution is -2.35. The van der Waals surface area contributed by atoms with E-state index in [2.05, 4.69) is 11.6 Å². The third kappa shape index (κ3) is 4.19. The van der Waals surface area contributed by atoms with Crippen molar-refractivity contribution < 1.29 is 9.84 Å². The number of aliphatic hydroxyl groups excluding tert-OH is 1. The van der Waals surface area contributed by atoms with Crippen molar-refractivity contribution in [1.82, 2.24) is 5.32 Å². The molecule has 0 amide bonds. The molecular weight excluding hydrogens is 246 g/mol. The molecule has 1 aliphatic rings. The molecular formula is C14H21NO2S. The van der Waals surface area contributed by atoms with E-state index < -0.39 is 6.10 Å². The van der Waals surface area contributed by atoms with Crippen LogP contribution >= 0.6 is 11.8 Å². The van der Waals surface area contributed by atoms with Gasteiger partial charge in [0, 0.05) is 17.8 Å². The van der Waals surface area contributed by atoms with Crippen LogP contribution in [0.15, 0.2) is 30.3 Å². The highest BCUT2D eigenvalue weighted by atomic mass is 32.2. The number of ether oxygens (including phenoxy) is 1. The Morgan fingerprint density at radius 1 is 1.39 bits per heavy atom. The Kier molecular flexibility index (Phi) is 4.92. The molecule has 0 heterocycles. The average Bonchev–Trinajstić information content (AvgIpc) is 3.18. The molecule has 1 unspecified atom stereocenters. The minimum atomic E-state index is -0.456. The summed E-state index contributed by atoms with van der Waals surface area (Å²) in [5.74, 6) is 0.805. The number of aliphatic hydroxyl groups is 1. The van der Waals surface area contributed by atoms with Gasteiger partial charge in [-0.15, -0.1) is 0 Å². The van der Waals surface area contributed by atoms with Gasteiger partial charge in [-0.2, -0.15) is 11.8 Å². The van der Waals surface area contributed by atoms with Gasteiger partial charge >= 0.3 is 0 Å². The first kappa shape index (κ1) is 13.7. The highest BCUT2D eigenvalue weighted by molar-refractivity contribution is 8.00. The Morgan fingerprint density at radius 3 is 2.72 bits per heavy atom. The molecule has 0 aliphatic heterocycles. The van der Waals surface area contributed by atoms with Crippen LogP contribution in [-0.2, 0) is 0 Å². The van der Waals surface area contributed by atoms with Crippen LogP contribution in [0.3, 0.4) is 0 Å².